The van der Waals surface area contributed by atoms with Crippen molar-refractivity contribution in [2.45, 2.75) is 13.3 Å². The number of rotatable bonds is 3. The lowest BCUT2D eigenvalue weighted by Gasteiger charge is -2.01. The summed E-state index contributed by atoms with van der Waals surface area (Å²) in [4.78, 5) is 29.3. The molecule has 1 aromatic carbocycles. The molecule has 1 N–H and O–H groups in total. The Labute approximate surface area is 98.3 Å². The van der Waals surface area contributed by atoms with Crippen LogP contribution in [-0.4, -0.2) is 15.8 Å². The van der Waals surface area contributed by atoms with Crippen LogP contribution in [0.15, 0.2) is 41.3 Å². The Kier molecular flexibility index (Phi) is 3.14. The fourth-order valence-electron chi connectivity index (χ4n) is 1.56. The maximum absolute atomic E-state index is 11.6. The molecule has 0 aliphatic carbocycles. The van der Waals surface area contributed by atoms with Gasteiger partial charge in [-0.3, -0.25) is 9.59 Å². The predicted octanol–water partition coefficient (Wildman–Crippen LogP) is 1.56. The molecule has 0 aliphatic heterocycles. The summed E-state index contributed by atoms with van der Waals surface area (Å²) in [6.07, 6.45) is 1.88. The second-order valence-corrected chi connectivity index (χ2v) is 3.79. The average molecular weight is 228 g/mol. The van der Waals surface area contributed by atoms with Gasteiger partial charge in [-0.25, -0.2) is 4.98 Å². The number of nitrogens with zero attached hydrogens (tertiary/aromatic N) is 1. The molecule has 0 atom stereocenters. The summed E-state index contributed by atoms with van der Waals surface area (Å²) in [7, 11) is 0. The van der Waals surface area contributed by atoms with Crippen LogP contribution in [0.4, 0.5) is 0 Å². The summed E-state index contributed by atoms with van der Waals surface area (Å²) in [5, 5.41) is 0. The van der Waals surface area contributed by atoms with Gasteiger partial charge in [0.1, 0.15) is 11.4 Å². The minimum atomic E-state index is -0.376. The zero-order valence-electron chi connectivity index (χ0n) is 9.43. The molecule has 1 heterocycles. The van der Waals surface area contributed by atoms with E-state index in [9.17, 15) is 9.59 Å². The van der Waals surface area contributed by atoms with E-state index in [-0.39, 0.29) is 16.9 Å². The van der Waals surface area contributed by atoms with E-state index in [1.165, 1.54) is 13.1 Å². The van der Waals surface area contributed by atoms with E-state index < -0.39 is 0 Å². The lowest BCUT2D eigenvalue weighted by molar-refractivity contribution is 0.101. The van der Waals surface area contributed by atoms with Crippen molar-refractivity contribution in [2.24, 2.45) is 0 Å². The highest BCUT2D eigenvalue weighted by molar-refractivity contribution is 5.93. The number of H-pyrrole nitrogens is 1. The molecule has 86 valence electrons. The van der Waals surface area contributed by atoms with E-state index in [0.29, 0.717) is 12.2 Å². The number of nitrogens with one attached hydrogen (secondary N) is 1. The quantitative estimate of drug-likeness (QED) is 0.811. The highest BCUT2D eigenvalue weighted by Crippen LogP contribution is 2.03. The Morgan fingerprint density at radius 1 is 1.29 bits per heavy atom. The number of carbonyl (C=O) groups is 1. The minimum Gasteiger partial charge on any atom is -0.310 e. The van der Waals surface area contributed by atoms with Crippen molar-refractivity contribution in [3.8, 4) is 0 Å². The number of ketones is 1. The van der Waals surface area contributed by atoms with Gasteiger partial charge in [0.2, 0.25) is 0 Å². The Hall–Kier alpha value is -2.23. The summed E-state index contributed by atoms with van der Waals surface area (Å²) in [5.41, 5.74) is 0.784. The number of benzene rings is 1. The molecule has 2 aromatic rings. The van der Waals surface area contributed by atoms with Gasteiger partial charge in [0.05, 0.1) is 0 Å². The fraction of sp³-hybridized carbons (Fsp3) is 0.154. The molecule has 17 heavy (non-hydrogen) atoms. The van der Waals surface area contributed by atoms with Gasteiger partial charge in [0.25, 0.3) is 5.56 Å². The van der Waals surface area contributed by atoms with Gasteiger partial charge in [-0.1, -0.05) is 30.3 Å². The second-order valence-electron chi connectivity index (χ2n) is 3.79. The van der Waals surface area contributed by atoms with Gasteiger partial charge in [-0.15, -0.1) is 0 Å². The summed E-state index contributed by atoms with van der Waals surface area (Å²) in [6.45, 7) is 1.35. The first-order valence-corrected chi connectivity index (χ1v) is 5.30. The average Bonchev–Trinajstić information content (AvgIpc) is 2.30. The molecule has 1 aromatic heterocycles. The number of aromatic amines is 1. The number of aromatic nitrogens is 2. The van der Waals surface area contributed by atoms with Crippen molar-refractivity contribution < 1.29 is 4.79 Å². The molecule has 0 amide bonds. The third-order valence-corrected chi connectivity index (χ3v) is 2.45. The van der Waals surface area contributed by atoms with Gasteiger partial charge in [-0.05, 0) is 12.5 Å². The molecule has 0 aliphatic rings. The van der Waals surface area contributed by atoms with Gasteiger partial charge < -0.3 is 4.98 Å². The van der Waals surface area contributed by atoms with E-state index in [1.807, 2.05) is 30.3 Å². The summed E-state index contributed by atoms with van der Waals surface area (Å²) >= 11 is 0. The Balaban J connectivity index is 2.27. The van der Waals surface area contributed by atoms with Crippen molar-refractivity contribution in [2.75, 3.05) is 0 Å². The zero-order chi connectivity index (χ0) is 12.3. The summed E-state index contributed by atoms with van der Waals surface area (Å²) < 4.78 is 0. The standard InChI is InChI=1S/C13H12N2O2/c1-9(16)11-8-14-12(15-13(11)17)7-10-5-3-2-4-6-10/h2-6,8H,7H2,1H3,(H,14,15,17). The normalized spacial score (nSPS) is 10.2. The van der Waals surface area contributed by atoms with Crippen molar-refractivity contribution in [3.63, 3.8) is 0 Å². The van der Waals surface area contributed by atoms with E-state index in [2.05, 4.69) is 9.97 Å². The molecule has 4 nitrogen and oxygen atoms in total. The van der Waals surface area contributed by atoms with Crippen LogP contribution < -0.4 is 5.56 Å². The molecule has 0 bridgehead atoms. The zero-order valence-corrected chi connectivity index (χ0v) is 9.43. The topological polar surface area (TPSA) is 62.8 Å². The maximum atomic E-state index is 11.6. The molecule has 0 spiro atoms. The van der Waals surface area contributed by atoms with Crippen LogP contribution >= 0.6 is 0 Å². The molecule has 0 fully saturated rings. The molecule has 0 radical (unpaired) electrons. The van der Waals surface area contributed by atoms with E-state index in [0.717, 1.165) is 5.56 Å². The lowest BCUT2D eigenvalue weighted by Crippen LogP contribution is -2.19. The fourth-order valence-corrected chi connectivity index (χ4v) is 1.56. The smallest absolute Gasteiger partial charge is 0.261 e. The Bertz CT molecular complexity index is 588. The summed E-state index contributed by atoms with van der Waals surface area (Å²) in [6, 6.07) is 9.70. The van der Waals surface area contributed by atoms with Crippen LogP contribution in [0.3, 0.4) is 0 Å². The minimum absolute atomic E-state index is 0.0989. The third-order valence-electron chi connectivity index (χ3n) is 2.45. The highest BCUT2D eigenvalue weighted by Gasteiger charge is 2.07. The largest absolute Gasteiger partial charge is 0.310 e. The van der Waals surface area contributed by atoms with Crippen LogP contribution in [-0.2, 0) is 6.42 Å². The Morgan fingerprint density at radius 2 is 2.00 bits per heavy atom. The third kappa shape index (κ3) is 2.66. The molecule has 4 heteroatoms. The maximum Gasteiger partial charge on any atom is 0.261 e. The number of Topliss-reactive ketones (excluding diaryl/α,β-unsaturated/α-hetero) is 1. The first kappa shape index (κ1) is 11.3. The van der Waals surface area contributed by atoms with Crippen LogP contribution in [0.5, 0.6) is 0 Å². The monoisotopic (exact) mass is 228 g/mol. The first-order valence-electron chi connectivity index (χ1n) is 5.30. The summed E-state index contributed by atoms with van der Waals surface area (Å²) in [5.74, 6) is 0.288. The van der Waals surface area contributed by atoms with Crippen molar-refractivity contribution in [1.82, 2.24) is 9.97 Å². The molecular formula is C13H12N2O2. The molecule has 0 unspecified atom stereocenters. The lowest BCUT2D eigenvalue weighted by atomic mass is 10.1. The first-order chi connectivity index (χ1) is 8.16. The van der Waals surface area contributed by atoms with E-state index in [1.54, 1.807) is 0 Å². The van der Waals surface area contributed by atoms with Crippen molar-refractivity contribution in [1.29, 1.82) is 0 Å². The molecule has 2 rings (SSSR count). The molecular weight excluding hydrogens is 216 g/mol. The number of hydrogen-bond acceptors (Lipinski definition) is 3. The van der Waals surface area contributed by atoms with Gasteiger partial charge in [-0.2, -0.15) is 0 Å². The number of hydrogen-bond donors (Lipinski definition) is 1. The second kappa shape index (κ2) is 4.74. The van der Waals surface area contributed by atoms with Crippen molar-refractivity contribution in [3.05, 3.63) is 63.8 Å². The van der Waals surface area contributed by atoms with Crippen LogP contribution in [0.25, 0.3) is 0 Å². The molecule has 0 saturated carbocycles. The van der Waals surface area contributed by atoms with E-state index >= 15 is 0 Å². The van der Waals surface area contributed by atoms with Crippen molar-refractivity contribution >= 4 is 5.78 Å². The van der Waals surface area contributed by atoms with Gasteiger partial charge in [0, 0.05) is 12.6 Å². The molecule has 0 saturated heterocycles. The van der Waals surface area contributed by atoms with E-state index in [4.69, 9.17) is 0 Å². The van der Waals surface area contributed by atoms with Crippen LogP contribution in [0.1, 0.15) is 28.7 Å². The van der Waals surface area contributed by atoms with Gasteiger partial charge in [0.15, 0.2) is 5.78 Å². The SMILES string of the molecule is CC(=O)c1cnc(Cc2ccccc2)[nH]c1=O. The number of carbonyl (C=O) groups excluding carboxylic acids is 1. The van der Waals surface area contributed by atoms with Gasteiger partial charge >= 0.3 is 0 Å². The predicted molar refractivity (Wildman–Crippen MR) is 64.1 cm³/mol. The highest BCUT2D eigenvalue weighted by atomic mass is 16.1. The Morgan fingerprint density at radius 3 is 2.59 bits per heavy atom. The van der Waals surface area contributed by atoms with Crippen LogP contribution in [0, 0.1) is 0 Å². The van der Waals surface area contributed by atoms with Crippen LogP contribution in [0.2, 0.25) is 0 Å².